The molecule has 0 aromatic carbocycles. The lowest BCUT2D eigenvalue weighted by molar-refractivity contribution is 0.456. The summed E-state index contributed by atoms with van der Waals surface area (Å²) in [7, 11) is 0. The third-order valence-electron chi connectivity index (χ3n) is 4.94. The molecule has 0 atom stereocenters. The van der Waals surface area contributed by atoms with Crippen LogP contribution in [0.4, 0.5) is 0 Å². The van der Waals surface area contributed by atoms with Crippen molar-refractivity contribution in [3.8, 4) is 11.4 Å². The van der Waals surface area contributed by atoms with Gasteiger partial charge in [-0.15, -0.1) is 0 Å². The van der Waals surface area contributed by atoms with Crippen molar-refractivity contribution < 1.29 is 0 Å². The first kappa shape index (κ1) is 16.5. The zero-order valence-corrected chi connectivity index (χ0v) is 16.0. The molecule has 0 amide bonds. The molecule has 1 aliphatic heterocycles. The zero-order valence-electron chi connectivity index (χ0n) is 15.1. The molecule has 5 heterocycles. The van der Waals surface area contributed by atoms with Gasteiger partial charge in [-0.25, -0.2) is 14.5 Å². The number of aryl methyl sites for hydroxylation is 2. The molecule has 0 bridgehead atoms. The largest absolute Gasteiger partial charge is 0.317 e. The number of nitrogens with one attached hydrogen (secondary N) is 1. The van der Waals surface area contributed by atoms with E-state index >= 15 is 0 Å². The van der Waals surface area contributed by atoms with Gasteiger partial charge in [-0.05, 0) is 51.4 Å². The summed E-state index contributed by atoms with van der Waals surface area (Å²) in [5.41, 5.74) is 3.77. The van der Waals surface area contributed by atoms with E-state index in [-0.39, 0.29) is 5.56 Å². The number of aromatic nitrogens is 6. The van der Waals surface area contributed by atoms with E-state index in [4.69, 9.17) is 0 Å². The summed E-state index contributed by atoms with van der Waals surface area (Å²) >= 11 is 1.50. The lowest BCUT2D eigenvalue weighted by atomic mass is 9.99. The van der Waals surface area contributed by atoms with E-state index in [1.165, 1.54) is 21.9 Å². The number of hydrogen-bond acceptors (Lipinski definition) is 7. The minimum atomic E-state index is -0.173. The van der Waals surface area contributed by atoms with Crippen molar-refractivity contribution in [3.63, 3.8) is 0 Å². The van der Waals surface area contributed by atoms with Crippen molar-refractivity contribution in [2.75, 3.05) is 13.1 Å². The highest BCUT2D eigenvalue weighted by atomic mass is 32.1. The molecule has 1 saturated heterocycles. The average Bonchev–Trinajstić information content (AvgIpc) is 3.26. The first-order valence-corrected chi connectivity index (χ1v) is 9.86. The highest BCUT2D eigenvalue weighted by molar-refractivity contribution is 7.16. The van der Waals surface area contributed by atoms with Crippen molar-refractivity contribution in [2.45, 2.75) is 32.6 Å². The fraction of sp³-hybridized carbons (Fsp3) is 0.389. The maximum absolute atomic E-state index is 12.6. The topological polar surface area (TPSA) is 89.5 Å². The number of hydrogen-bond donors (Lipinski definition) is 1. The molecule has 0 spiro atoms. The van der Waals surface area contributed by atoms with Crippen LogP contribution in [0.25, 0.3) is 22.0 Å². The Morgan fingerprint density at radius 2 is 1.93 bits per heavy atom. The van der Waals surface area contributed by atoms with Gasteiger partial charge in [0.05, 0.1) is 17.6 Å². The van der Waals surface area contributed by atoms with Gasteiger partial charge < -0.3 is 5.32 Å². The highest BCUT2D eigenvalue weighted by Gasteiger charge is 2.21. The van der Waals surface area contributed by atoms with Gasteiger partial charge in [-0.1, -0.05) is 11.3 Å². The third kappa shape index (κ3) is 2.83. The molecule has 0 radical (unpaired) electrons. The summed E-state index contributed by atoms with van der Waals surface area (Å²) in [6, 6.07) is 3.44. The van der Waals surface area contributed by atoms with E-state index in [1.54, 1.807) is 4.52 Å². The lowest BCUT2D eigenvalue weighted by Crippen LogP contribution is -2.26. The zero-order chi connectivity index (χ0) is 18.5. The maximum atomic E-state index is 12.6. The van der Waals surface area contributed by atoms with E-state index in [1.807, 2.05) is 26.1 Å². The first-order chi connectivity index (χ1) is 13.1. The summed E-state index contributed by atoms with van der Waals surface area (Å²) in [6.07, 6.45) is 3.96. The summed E-state index contributed by atoms with van der Waals surface area (Å²) < 4.78 is 3.16. The Kier molecular flexibility index (Phi) is 3.80. The molecule has 27 heavy (non-hydrogen) atoms. The average molecular weight is 381 g/mol. The van der Waals surface area contributed by atoms with E-state index in [0.717, 1.165) is 47.8 Å². The molecule has 0 saturated carbocycles. The number of piperidine rings is 1. The Hall–Kier alpha value is -2.65. The molecular weight excluding hydrogens is 362 g/mol. The lowest BCUT2D eigenvalue weighted by Gasteiger charge is -2.19. The fourth-order valence-electron chi connectivity index (χ4n) is 3.56. The van der Waals surface area contributed by atoms with Gasteiger partial charge in [0.2, 0.25) is 4.96 Å². The van der Waals surface area contributed by atoms with Crippen LogP contribution in [0.2, 0.25) is 0 Å². The van der Waals surface area contributed by atoms with E-state index in [0.29, 0.717) is 22.3 Å². The molecule has 1 fully saturated rings. The Morgan fingerprint density at radius 3 is 2.74 bits per heavy atom. The maximum Gasteiger partial charge on any atom is 0.275 e. The van der Waals surface area contributed by atoms with Gasteiger partial charge in [0, 0.05) is 12.0 Å². The van der Waals surface area contributed by atoms with Crippen LogP contribution < -0.4 is 10.9 Å². The van der Waals surface area contributed by atoms with Crippen molar-refractivity contribution in [3.05, 3.63) is 44.9 Å². The predicted molar refractivity (Wildman–Crippen MR) is 103 cm³/mol. The molecule has 5 rings (SSSR count). The van der Waals surface area contributed by atoms with Gasteiger partial charge in [0.15, 0.2) is 5.65 Å². The Labute approximate surface area is 158 Å². The molecule has 1 N–H and O–H groups in total. The quantitative estimate of drug-likeness (QED) is 0.571. The molecule has 0 aliphatic carbocycles. The Bertz CT molecular complexity index is 1220. The predicted octanol–water partition coefficient (Wildman–Crippen LogP) is 1.94. The number of nitrogens with zero attached hydrogens (tertiary/aromatic N) is 6. The van der Waals surface area contributed by atoms with Crippen molar-refractivity contribution in [2.24, 2.45) is 0 Å². The molecule has 138 valence electrons. The second-order valence-electron chi connectivity index (χ2n) is 7.00. The molecule has 4 aromatic heterocycles. The van der Waals surface area contributed by atoms with Gasteiger partial charge in [0.1, 0.15) is 10.7 Å². The third-order valence-corrected chi connectivity index (χ3v) is 6.01. The normalized spacial score (nSPS) is 15.8. The van der Waals surface area contributed by atoms with Crippen LogP contribution in [0.15, 0.2) is 23.1 Å². The summed E-state index contributed by atoms with van der Waals surface area (Å²) in [5, 5.41) is 13.5. The van der Waals surface area contributed by atoms with Crippen LogP contribution in [0.3, 0.4) is 0 Å². The van der Waals surface area contributed by atoms with E-state index in [2.05, 4.69) is 25.5 Å². The SMILES string of the molecule is Cc1cn2nc(-c3cc(=O)n4nc(C5CCNCC5)sc4n3)cc(C)c2n1. The smallest absolute Gasteiger partial charge is 0.275 e. The molecule has 0 unspecified atom stereocenters. The number of fused-ring (bicyclic) bond motifs is 2. The fourth-order valence-corrected chi connectivity index (χ4v) is 4.63. The first-order valence-electron chi connectivity index (χ1n) is 9.04. The second-order valence-corrected chi connectivity index (χ2v) is 7.99. The Balaban J connectivity index is 1.62. The van der Waals surface area contributed by atoms with Crippen LogP contribution in [-0.4, -0.2) is 42.3 Å². The molecule has 4 aromatic rings. The summed E-state index contributed by atoms with van der Waals surface area (Å²) in [4.78, 5) is 22.4. The van der Waals surface area contributed by atoms with Gasteiger partial charge in [-0.2, -0.15) is 14.7 Å². The van der Waals surface area contributed by atoms with Crippen LogP contribution >= 0.6 is 11.3 Å². The molecule has 8 nitrogen and oxygen atoms in total. The van der Waals surface area contributed by atoms with Crippen LogP contribution in [0.1, 0.15) is 35.0 Å². The van der Waals surface area contributed by atoms with Crippen molar-refractivity contribution in [1.82, 2.24) is 34.5 Å². The standard InChI is InChI=1S/C18H19N7OS/c1-10-7-14(22-24-9-11(2)20-16(10)24)13-8-15(26)25-18(21-13)27-17(23-25)12-3-5-19-6-4-12/h7-9,12,19H,3-6H2,1-2H3. The minimum absolute atomic E-state index is 0.173. The number of imidazole rings is 1. The monoisotopic (exact) mass is 381 g/mol. The van der Waals surface area contributed by atoms with E-state index in [9.17, 15) is 4.79 Å². The van der Waals surface area contributed by atoms with Crippen LogP contribution in [0.5, 0.6) is 0 Å². The minimum Gasteiger partial charge on any atom is -0.317 e. The highest BCUT2D eigenvalue weighted by Crippen LogP contribution is 2.29. The van der Waals surface area contributed by atoms with Gasteiger partial charge in [0.25, 0.3) is 5.56 Å². The van der Waals surface area contributed by atoms with Crippen molar-refractivity contribution in [1.29, 1.82) is 0 Å². The molecule has 9 heteroatoms. The second kappa shape index (κ2) is 6.21. The Morgan fingerprint density at radius 1 is 1.11 bits per heavy atom. The summed E-state index contributed by atoms with van der Waals surface area (Å²) in [5.74, 6) is 0.395. The number of rotatable bonds is 2. The molecule has 1 aliphatic rings. The van der Waals surface area contributed by atoms with Gasteiger partial charge in [-0.3, -0.25) is 4.79 Å². The summed E-state index contributed by atoms with van der Waals surface area (Å²) in [6.45, 7) is 5.90. The van der Waals surface area contributed by atoms with Crippen LogP contribution in [-0.2, 0) is 0 Å². The molecular formula is C18H19N7OS. The van der Waals surface area contributed by atoms with Crippen LogP contribution in [0, 0.1) is 13.8 Å². The van der Waals surface area contributed by atoms with Crippen molar-refractivity contribution >= 4 is 21.9 Å². The van der Waals surface area contributed by atoms with E-state index < -0.39 is 0 Å². The van der Waals surface area contributed by atoms with Gasteiger partial charge >= 0.3 is 0 Å².